The summed E-state index contributed by atoms with van der Waals surface area (Å²) >= 11 is 5.06. The van der Waals surface area contributed by atoms with E-state index in [0.717, 1.165) is 31.7 Å². The zero-order chi connectivity index (χ0) is 33.7. The lowest BCUT2D eigenvalue weighted by Gasteiger charge is -2.28. The summed E-state index contributed by atoms with van der Waals surface area (Å²) in [4.78, 5) is 35.4. The number of halogens is 3. The smallest absolute Gasteiger partial charge is 0.387 e. The number of amides is 1. The number of aromatic amines is 1. The first-order valence-electron chi connectivity index (χ1n) is 15.0. The number of phosphoric ester groups is 1. The fourth-order valence-electron chi connectivity index (χ4n) is 4.69. The number of carbonyl (C=O) groups excluding carboxylic acids is 1. The number of hydrogen-bond acceptors (Lipinski definition) is 10. The maximum absolute atomic E-state index is 12.8. The lowest BCUT2D eigenvalue weighted by Crippen LogP contribution is -2.47. The molecular weight excluding hydrogens is 646 g/mol. The number of H-pyrrole nitrogens is 1. The zero-order valence-corrected chi connectivity index (χ0v) is 27.2. The van der Waals surface area contributed by atoms with Crippen LogP contribution in [0.3, 0.4) is 0 Å². The Bertz CT molecular complexity index is 1220. The van der Waals surface area contributed by atoms with Gasteiger partial charge in [0.05, 0.1) is 25.9 Å². The van der Waals surface area contributed by atoms with Crippen molar-refractivity contribution in [2.24, 2.45) is 0 Å². The molecule has 1 saturated heterocycles. The second-order valence-electron chi connectivity index (χ2n) is 11.2. The quantitative estimate of drug-likeness (QED) is 0.0713. The standard InChI is InChI=1S/C27H45F3N3O10PS/c1-3-4-5-6-7-8-9-10-11-12-15-40-16-19(31-23(36)27(28,29)30)17-41-44(38,39)42-18-20-22(35)26(2,37)24(43-20)33-14-13-21(34)32-25(33)45/h13-14,19-20,22,24,35,37H,3-12,15-18H2,1-2H3,(H,31,36)(H,38,39)(H,32,34,45)/t19?,20-,22+,24-,26?/m1/s1. The van der Waals surface area contributed by atoms with Crippen molar-refractivity contribution in [3.8, 4) is 0 Å². The van der Waals surface area contributed by atoms with Crippen molar-refractivity contribution in [2.75, 3.05) is 26.4 Å². The van der Waals surface area contributed by atoms with Crippen molar-refractivity contribution in [2.45, 2.75) is 114 Å². The van der Waals surface area contributed by atoms with Gasteiger partial charge in [-0.1, -0.05) is 64.7 Å². The molecular formula is C27H45F3N3O10PS. The summed E-state index contributed by atoms with van der Waals surface area (Å²) in [5.74, 6) is -2.27. The van der Waals surface area contributed by atoms with E-state index in [-0.39, 0.29) is 11.4 Å². The number of nitrogens with one attached hydrogen (secondary N) is 2. The summed E-state index contributed by atoms with van der Waals surface area (Å²) in [6.45, 7) is 1.52. The zero-order valence-electron chi connectivity index (χ0n) is 25.5. The number of nitrogens with zero attached hydrogens (tertiary/aromatic N) is 1. The third-order valence-electron chi connectivity index (χ3n) is 7.25. The Balaban J connectivity index is 1.84. The number of carbonyl (C=O) groups is 1. The van der Waals surface area contributed by atoms with E-state index >= 15 is 0 Å². The number of rotatable bonds is 21. The lowest BCUT2D eigenvalue weighted by atomic mass is 9.96. The topological polar surface area (TPSA) is 182 Å². The molecule has 0 bridgehead atoms. The summed E-state index contributed by atoms with van der Waals surface area (Å²) < 4.78 is 72.8. The lowest BCUT2D eigenvalue weighted by molar-refractivity contribution is -0.175. The van der Waals surface area contributed by atoms with Gasteiger partial charge in [0.2, 0.25) is 0 Å². The predicted octanol–water partition coefficient (Wildman–Crippen LogP) is 4.03. The summed E-state index contributed by atoms with van der Waals surface area (Å²) in [5.41, 5.74) is -2.50. The molecule has 1 aliphatic heterocycles. The molecule has 1 aliphatic rings. The first kappa shape index (κ1) is 39.5. The van der Waals surface area contributed by atoms with Crippen LogP contribution in [0.25, 0.3) is 0 Å². The van der Waals surface area contributed by atoms with Crippen LogP contribution >= 0.6 is 20.0 Å². The number of ether oxygens (including phenoxy) is 2. The first-order chi connectivity index (χ1) is 21.1. The summed E-state index contributed by atoms with van der Waals surface area (Å²) in [7, 11) is -4.96. The number of alkyl halides is 3. The Morgan fingerprint density at radius 3 is 2.33 bits per heavy atom. The third-order valence-corrected chi connectivity index (χ3v) is 8.52. The molecule has 2 rings (SSSR count). The Morgan fingerprint density at radius 2 is 1.76 bits per heavy atom. The van der Waals surface area contributed by atoms with E-state index in [2.05, 4.69) is 11.9 Å². The van der Waals surface area contributed by atoms with Crippen LogP contribution in [0.5, 0.6) is 0 Å². The van der Waals surface area contributed by atoms with Crippen LogP contribution in [0.1, 0.15) is 84.3 Å². The maximum atomic E-state index is 12.8. The van der Waals surface area contributed by atoms with Gasteiger partial charge in [-0.2, -0.15) is 13.2 Å². The highest BCUT2D eigenvalue weighted by molar-refractivity contribution is 7.71. The minimum atomic E-state index is -5.20. The third kappa shape index (κ3) is 13.5. The number of aliphatic hydroxyl groups excluding tert-OH is 1. The van der Waals surface area contributed by atoms with Crippen LogP contribution in [-0.4, -0.2) is 87.0 Å². The summed E-state index contributed by atoms with van der Waals surface area (Å²) in [5, 5.41) is 23.1. The molecule has 0 aliphatic carbocycles. The van der Waals surface area contributed by atoms with Gasteiger partial charge in [-0.15, -0.1) is 0 Å². The molecule has 0 spiro atoms. The van der Waals surface area contributed by atoms with Gasteiger partial charge < -0.3 is 29.9 Å². The molecule has 2 heterocycles. The highest BCUT2D eigenvalue weighted by Gasteiger charge is 2.53. The van der Waals surface area contributed by atoms with E-state index in [1.807, 2.05) is 0 Å². The Morgan fingerprint density at radius 1 is 1.16 bits per heavy atom. The molecule has 1 aromatic heterocycles. The van der Waals surface area contributed by atoms with Gasteiger partial charge in [-0.25, -0.2) is 4.57 Å². The van der Waals surface area contributed by atoms with Crippen LogP contribution in [0.4, 0.5) is 13.2 Å². The summed E-state index contributed by atoms with van der Waals surface area (Å²) in [6.07, 6.45) is 2.50. The van der Waals surface area contributed by atoms with Crippen LogP contribution < -0.4 is 10.9 Å². The van der Waals surface area contributed by atoms with Crippen molar-refractivity contribution in [1.29, 1.82) is 0 Å². The Labute approximate surface area is 265 Å². The highest BCUT2D eigenvalue weighted by Crippen LogP contribution is 2.45. The van der Waals surface area contributed by atoms with Crippen LogP contribution in [0.15, 0.2) is 17.1 Å². The highest BCUT2D eigenvalue weighted by atomic mass is 32.1. The minimum Gasteiger partial charge on any atom is -0.387 e. The Kier molecular flexibility index (Phi) is 16.3. The number of phosphoric acid groups is 1. The monoisotopic (exact) mass is 691 g/mol. The molecule has 1 aromatic rings. The van der Waals surface area contributed by atoms with Crippen molar-refractivity contribution in [3.05, 3.63) is 27.4 Å². The van der Waals surface area contributed by atoms with E-state index < -0.39 is 75.4 Å². The summed E-state index contributed by atoms with van der Waals surface area (Å²) in [6, 6.07) is -0.331. The normalized spacial score (nSPS) is 24.0. The minimum absolute atomic E-state index is 0.125. The predicted molar refractivity (Wildman–Crippen MR) is 159 cm³/mol. The molecule has 1 amide bonds. The van der Waals surface area contributed by atoms with Crippen LogP contribution in [-0.2, 0) is 27.9 Å². The first-order valence-corrected chi connectivity index (χ1v) is 16.9. The van der Waals surface area contributed by atoms with Gasteiger partial charge in [0.25, 0.3) is 5.56 Å². The molecule has 0 radical (unpaired) electrons. The molecule has 13 nitrogen and oxygen atoms in total. The van der Waals surface area contributed by atoms with Gasteiger partial charge >= 0.3 is 19.9 Å². The average molecular weight is 692 g/mol. The molecule has 18 heteroatoms. The van der Waals surface area contributed by atoms with Crippen molar-refractivity contribution < 1.29 is 56.2 Å². The van der Waals surface area contributed by atoms with Crippen molar-refractivity contribution in [1.82, 2.24) is 14.9 Å². The van der Waals surface area contributed by atoms with Gasteiger partial charge in [0.15, 0.2) is 11.0 Å². The number of aromatic nitrogens is 2. The van der Waals surface area contributed by atoms with Gasteiger partial charge in [-0.3, -0.25) is 28.2 Å². The van der Waals surface area contributed by atoms with Crippen molar-refractivity contribution in [3.63, 3.8) is 0 Å². The van der Waals surface area contributed by atoms with Gasteiger partial charge in [0, 0.05) is 18.9 Å². The second kappa shape index (κ2) is 18.6. The largest absolute Gasteiger partial charge is 0.472 e. The number of aliphatic hydroxyl groups is 2. The Hall–Kier alpha value is -1.69. The number of unbranched alkanes of at least 4 members (excludes halogenated alkanes) is 9. The van der Waals surface area contributed by atoms with E-state index in [4.69, 9.17) is 30.7 Å². The molecule has 0 aromatic carbocycles. The van der Waals surface area contributed by atoms with Crippen molar-refractivity contribution >= 4 is 25.9 Å². The molecule has 3 unspecified atom stereocenters. The second-order valence-corrected chi connectivity index (χ2v) is 13.0. The SMILES string of the molecule is CCCCCCCCCCCCOCC(COP(=O)(O)OC[C@H]1O[C@@H](n2ccc(=O)[nH]c2=S)C(C)(O)[C@H]1O)NC(=O)C(F)(F)F. The van der Waals surface area contributed by atoms with E-state index in [9.17, 15) is 42.4 Å². The maximum Gasteiger partial charge on any atom is 0.472 e. The van der Waals surface area contributed by atoms with Crippen LogP contribution in [0, 0.1) is 4.77 Å². The molecule has 5 N–H and O–H groups in total. The van der Waals surface area contributed by atoms with E-state index in [1.165, 1.54) is 49.8 Å². The molecule has 6 atom stereocenters. The fourth-order valence-corrected chi connectivity index (χ4v) is 5.73. The van der Waals surface area contributed by atoms with E-state index in [0.29, 0.717) is 6.42 Å². The number of hydrogen-bond donors (Lipinski definition) is 5. The molecule has 0 saturated carbocycles. The molecule has 1 fully saturated rings. The van der Waals surface area contributed by atoms with Gasteiger partial charge in [-0.05, 0) is 25.6 Å². The average Bonchev–Trinajstić information content (AvgIpc) is 3.18. The fraction of sp³-hybridized carbons (Fsp3) is 0.815. The molecule has 45 heavy (non-hydrogen) atoms. The van der Waals surface area contributed by atoms with Gasteiger partial charge in [0.1, 0.15) is 17.8 Å². The van der Waals surface area contributed by atoms with Crippen LogP contribution in [0.2, 0.25) is 0 Å². The molecule has 260 valence electrons. The van der Waals surface area contributed by atoms with E-state index in [1.54, 1.807) is 5.32 Å².